The Kier molecular flexibility index (Phi) is 4.88. The van der Waals surface area contributed by atoms with Crippen LogP contribution in [0.4, 0.5) is 0 Å². The van der Waals surface area contributed by atoms with Crippen LogP contribution in [0.3, 0.4) is 0 Å². The fraction of sp³-hybridized carbons (Fsp3) is 0.133. The number of carbonyl (C=O) groups excluding carboxylic acids is 1. The van der Waals surface area contributed by atoms with Gasteiger partial charge >= 0.3 is 0 Å². The van der Waals surface area contributed by atoms with Gasteiger partial charge < -0.3 is 5.32 Å². The van der Waals surface area contributed by atoms with Gasteiger partial charge in [0.1, 0.15) is 0 Å². The van der Waals surface area contributed by atoms with Crippen molar-refractivity contribution in [2.24, 2.45) is 0 Å². The Morgan fingerprint density at radius 3 is 2.32 bits per heavy atom. The summed E-state index contributed by atoms with van der Waals surface area (Å²) in [4.78, 5) is 12.6. The molecule has 0 spiro atoms. The third-order valence-corrected chi connectivity index (χ3v) is 4.00. The smallest absolute Gasteiger partial charge is 0.251 e. The summed E-state index contributed by atoms with van der Waals surface area (Å²) in [7, 11) is 1.63. The fourth-order valence-corrected chi connectivity index (χ4v) is 2.57. The Hall–Kier alpha value is -1.45. The lowest BCUT2D eigenvalue weighted by Gasteiger charge is -2.04. The molecule has 0 aliphatic rings. The van der Waals surface area contributed by atoms with E-state index in [4.69, 9.17) is 11.6 Å². The van der Waals surface area contributed by atoms with Crippen molar-refractivity contribution in [2.75, 3.05) is 7.05 Å². The zero-order chi connectivity index (χ0) is 13.7. The van der Waals surface area contributed by atoms with Gasteiger partial charge in [-0.15, -0.1) is 11.8 Å². The molecule has 0 unspecified atom stereocenters. The van der Waals surface area contributed by atoms with E-state index in [1.807, 2.05) is 48.5 Å². The molecule has 0 heterocycles. The summed E-state index contributed by atoms with van der Waals surface area (Å²) in [6.07, 6.45) is 0. The summed E-state index contributed by atoms with van der Waals surface area (Å²) < 4.78 is 0. The number of amides is 1. The predicted octanol–water partition coefficient (Wildman–Crippen LogP) is 3.99. The van der Waals surface area contributed by atoms with E-state index in [9.17, 15) is 4.79 Å². The third kappa shape index (κ3) is 4.01. The van der Waals surface area contributed by atoms with Crippen molar-refractivity contribution in [3.8, 4) is 0 Å². The van der Waals surface area contributed by atoms with Gasteiger partial charge in [-0.3, -0.25) is 4.79 Å². The highest BCUT2D eigenvalue weighted by Crippen LogP contribution is 2.24. The van der Waals surface area contributed by atoms with Gasteiger partial charge in [-0.05, 0) is 42.0 Å². The first kappa shape index (κ1) is 14.0. The number of thioether (sulfide) groups is 1. The van der Waals surface area contributed by atoms with E-state index in [1.165, 1.54) is 10.5 Å². The monoisotopic (exact) mass is 291 g/mol. The van der Waals surface area contributed by atoms with E-state index < -0.39 is 0 Å². The first-order valence-corrected chi connectivity index (χ1v) is 7.25. The first-order chi connectivity index (χ1) is 9.19. The van der Waals surface area contributed by atoms with Crippen molar-refractivity contribution in [3.63, 3.8) is 0 Å². The molecule has 0 fully saturated rings. The summed E-state index contributed by atoms with van der Waals surface area (Å²) >= 11 is 7.59. The topological polar surface area (TPSA) is 29.1 Å². The van der Waals surface area contributed by atoms with Crippen LogP contribution in [0.2, 0.25) is 5.02 Å². The van der Waals surface area contributed by atoms with Crippen LogP contribution in [0.15, 0.2) is 53.4 Å². The fourth-order valence-electron chi connectivity index (χ4n) is 1.59. The highest BCUT2D eigenvalue weighted by Gasteiger charge is 2.02. The van der Waals surface area contributed by atoms with Crippen LogP contribution in [0.25, 0.3) is 0 Å². The van der Waals surface area contributed by atoms with E-state index in [0.29, 0.717) is 5.56 Å². The molecule has 1 N–H and O–H groups in total. The van der Waals surface area contributed by atoms with Gasteiger partial charge in [0.05, 0.1) is 0 Å². The van der Waals surface area contributed by atoms with Gasteiger partial charge in [0.25, 0.3) is 5.91 Å². The van der Waals surface area contributed by atoms with Crippen molar-refractivity contribution in [1.82, 2.24) is 5.32 Å². The summed E-state index contributed by atoms with van der Waals surface area (Å²) in [5.74, 6) is 0.812. The van der Waals surface area contributed by atoms with Crippen molar-refractivity contribution < 1.29 is 4.79 Å². The van der Waals surface area contributed by atoms with Crippen LogP contribution in [0.1, 0.15) is 15.9 Å². The van der Waals surface area contributed by atoms with Gasteiger partial charge in [0.15, 0.2) is 0 Å². The lowest BCUT2D eigenvalue weighted by atomic mass is 10.1. The van der Waals surface area contributed by atoms with Crippen LogP contribution >= 0.6 is 23.4 Å². The molecular weight excluding hydrogens is 278 g/mol. The Morgan fingerprint density at radius 2 is 1.74 bits per heavy atom. The molecule has 1 amide bonds. The summed E-state index contributed by atoms with van der Waals surface area (Å²) in [6, 6.07) is 15.4. The van der Waals surface area contributed by atoms with Crippen LogP contribution in [-0.2, 0) is 5.75 Å². The molecule has 0 aliphatic heterocycles. The molecule has 2 aromatic carbocycles. The number of rotatable bonds is 4. The zero-order valence-corrected chi connectivity index (χ0v) is 12.1. The minimum atomic E-state index is -0.0584. The molecule has 0 aromatic heterocycles. The minimum absolute atomic E-state index is 0.0584. The van der Waals surface area contributed by atoms with Crippen LogP contribution in [0, 0.1) is 0 Å². The Bertz CT molecular complexity index is 551. The second-order valence-electron chi connectivity index (χ2n) is 4.02. The van der Waals surface area contributed by atoms with E-state index in [0.717, 1.165) is 10.8 Å². The van der Waals surface area contributed by atoms with Crippen LogP contribution in [-0.4, -0.2) is 13.0 Å². The van der Waals surface area contributed by atoms with Crippen molar-refractivity contribution in [3.05, 3.63) is 64.7 Å². The standard InChI is InChI=1S/C15H14ClNOS/c1-17-15(18)12-4-2-11(3-5-12)10-19-14-8-6-13(16)7-9-14/h2-9H,10H2,1H3,(H,17,18). The number of nitrogens with one attached hydrogen (secondary N) is 1. The highest BCUT2D eigenvalue weighted by atomic mass is 35.5. The zero-order valence-electron chi connectivity index (χ0n) is 10.5. The molecule has 0 bridgehead atoms. The quantitative estimate of drug-likeness (QED) is 0.863. The predicted molar refractivity (Wildman–Crippen MR) is 80.8 cm³/mol. The lowest BCUT2D eigenvalue weighted by Crippen LogP contribution is -2.17. The molecule has 0 aliphatic carbocycles. The Labute approximate surface area is 122 Å². The maximum absolute atomic E-state index is 11.4. The molecule has 4 heteroatoms. The van der Waals surface area contributed by atoms with E-state index >= 15 is 0 Å². The number of carbonyl (C=O) groups is 1. The summed E-state index contributed by atoms with van der Waals surface area (Å²) in [5, 5.41) is 3.36. The Morgan fingerprint density at radius 1 is 1.11 bits per heavy atom. The van der Waals surface area contributed by atoms with Gasteiger partial charge in [0.2, 0.25) is 0 Å². The van der Waals surface area contributed by atoms with Crippen molar-refractivity contribution >= 4 is 29.3 Å². The number of benzene rings is 2. The largest absolute Gasteiger partial charge is 0.355 e. The minimum Gasteiger partial charge on any atom is -0.355 e. The van der Waals surface area contributed by atoms with Gasteiger partial charge in [-0.2, -0.15) is 0 Å². The molecule has 2 rings (SSSR count). The molecule has 98 valence electrons. The maximum atomic E-state index is 11.4. The summed E-state index contributed by atoms with van der Waals surface area (Å²) in [6.45, 7) is 0. The maximum Gasteiger partial charge on any atom is 0.251 e. The second kappa shape index (κ2) is 6.64. The van der Waals surface area contributed by atoms with Gasteiger partial charge in [-0.1, -0.05) is 23.7 Å². The second-order valence-corrected chi connectivity index (χ2v) is 5.50. The summed E-state index contributed by atoms with van der Waals surface area (Å²) in [5.41, 5.74) is 1.87. The van der Waals surface area contributed by atoms with Crippen LogP contribution < -0.4 is 5.32 Å². The molecule has 0 saturated heterocycles. The molecule has 0 atom stereocenters. The normalized spacial score (nSPS) is 10.2. The van der Waals surface area contributed by atoms with Gasteiger partial charge in [0, 0.05) is 28.3 Å². The molecule has 2 nitrogen and oxygen atoms in total. The molecule has 2 aromatic rings. The molecule has 0 radical (unpaired) electrons. The average Bonchev–Trinajstić information content (AvgIpc) is 2.46. The number of hydrogen-bond donors (Lipinski definition) is 1. The number of halogens is 1. The molecular formula is C15H14ClNOS. The van der Waals surface area contributed by atoms with Crippen molar-refractivity contribution in [1.29, 1.82) is 0 Å². The van der Waals surface area contributed by atoms with E-state index in [-0.39, 0.29) is 5.91 Å². The third-order valence-electron chi connectivity index (χ3n) is 2.66. The molecule has 19 heavy (non-hydrogen) atoms. The number of hydrogen-bond acceptors (Lipinski definition) is 2. The van der Waals surface area contributed by atoms with E-state index in [2.05, 4.69) is 5.32 Å². The lowest BCUT2D eigenvalue weighted by molar-refractivity contribution is 0.0963. The van der Waals surface area contributed by atoms with Crippen molar-refractivity contribution in [2.45, 2.75) is 10.6 Å². The SMILES string of the molecule is CNC(=O)c1ccc(CSc2ccc(Cl)cc2)cc1. The highest BCUT2D eigenvalue weighted by molar-refractivity contribution is 7.98. The average molecular weight is 292 g/mol. The Balaban J connectivity index is 1.96. The van der Waals surface area contributed by atoms with Crippen LogP contribution in [0.5, 0.6) is 0 Å². The first-order valence-electron chi connectivity index (χ1n) is 5.88. The molecule has 0 saturated carbocycles. The van der Waals surface area contributed by atoms with Gasteiger partial charge in [-0.25, -0.2) is 0 Å². The van der Waals surface area contributed by atoms with E-state index in [1.54, 1.807) is 18.8 Å².